The van der Waals surface area contributed by atoms with Gasteiger partial charge < -0.3 is 31.1 Å². The molecule has 0 fully saturated rings. The van der Waals surface area contributed by atoms with E-state index in [4.69, 9.17) is 43.6 Å². The van der Waals surface area contributed by atoms with Crippen molar-refractivity contribution in [2.24, 2.45) is 0 Å². The van der Waals surface area contributed by atoms with Gasteiger partial charge in [0.15, 0.2) is 0 Å². The maximum absolute atomic E-state index is 12.2. The summed E-state index contributed by atoms with van der Waals surface area (Å²) in [6, 6.07) is 0.656. The summed E-state index contributed by atoms with van der Waals surface area (Å²) in [6.45, 7) is -1.90. The van der Waals surface area contributed by atoms with Gasteiger partial charge >= 0.3 is 0 Å². The quantitative estimate of drug-likeness (QED) is 0.347. The number of hydrogen-bond donors (Lipinski definition) is 6. The zero-order valence-corrected chi connectivity index (χ0v) is 14.0. The molecule has 1 aromatic carbocycles. The van der Waals surface area contributed by atoms with Gasteiger partial charge in [-0.15, -0.1) is 0 Å². The average molecular weight is 381 g/mol. The first-order valence-electron chi connectivity index (χ1n) is 6.92. The number of nitrogens with one attached hydrogen (secondary N) is 2. The first kappa shape index (κ1) is 20.6. The van der Waals surface area contributed by atoms with Crippen LogP contribution < -0.4 is 10.6 Å². The van der Waals surface area contributed by atoms with Crippen LogP contribution in [0.25, 0.3) is 0 Å². The Morgan fingerprint density at radius 2 is 1.33 bits per heavy atom. The van der Waals surface area contributed by atoms with Crippen LogP contribution in [0.4, 0.5) is 0 Å². The monoisotopic (exact) mass is 380 g/mol. The van der Waals surface area contributed by atoms with Gasteiger partial charge in [0, 0.05) is 5.56 Å². The Labute approximate surface area is 148 Å². The largest absolute Gasteiger partial charge is 0.394 e. The van der Waals surface area contributed by atoms with Gasteiger partial charge in [-0.25, -0.2) is 0 Å². The molecule has 6 N–H and O–H groups in total. The fraction of sp³-hybridized carbons (Fsp3) is 0.429. The topological polar surface area (TPSA) is 139 Å². The van der Waals surface area contributed by atoms with Crippen LogP contribution in [0.3, 0.4) is 0 Å². The number of halogens is 2. The molecule has 0 radical (unpaired) electrons. The molecule has 0 heterocycles. The van der Waals surface area contributed by atoms with Gasteiger partial charge in [0.1, 0.15) is 0 Å². The van der Waals surface area contributed by atoms with E-state index in [0.29, 0.717) is 0 Å². The summed E-state index contributed by atoms with van der Waals surface area (Å²) in [6.07, 6.45) is 0. The first-order chi connectivity index (χ1) is 11.4. The molecule has 0 aliphatic heterocycles. The maximum Gasteiger partial charge on any atom is 0.253 e. The normalized spacial score (nSPS) is 11.0. The number of hydrogen-bond acceptors (Lipinski definition) is 6. The molecular formula is C14H18Cl2N2O6. The van der Waals surface area contributed by atoms with E-state index in [9.17, 15) is 9.59 Å². The second kappa shape index (κ2) is 9.77. The summed E-state index contributed by atoms with van der Waals surface area (Å²) >= 11 is 11.9. The van der Waals surface area contributed by atoms with E-state index in [-0.39, 0.29) is 21.2 Å². The highest BCUT2D eigenvalue weighted by atomic mass is 35.5. The molecule has 0 unspecified atom stereocenters. The van der Waals surface area contributed by atoms with E-state index in [2.05, 4.69) is 10.6 Å². The Morgan fingerprint density at radius 1 is 0.875 bits per heavy atom. The molecule has 1 aromatic rings. The molecule has 0 saturated heterocycles. The van der Waals surface area contributed by atoms with E-state index in [1.807, 2.05) is 0 Å². The van der Waals surface area contributed by atoms with E-state index in [1.54, 1.807) is 0 Å². The molecular weight excluding hydrogens is 363 g/mol. The van der Waals surface area contributed by atoms with Crippen molar-refractivity contribution >= 4 is 35.0 Å². The Kier molecular flexibility index (Phi) is 8.40. The van der Waals surface area contributed by atoms with Gasteiger partial charge in [0.2, 0.25) is 0 Å². The lowest BCUT2D eigenvalue weighted by Crippen LogP contribution is -2.41. The van der Waals surface area contributed by atoms with Gasteiger partial charge in [-0.1, -0.05) is 23.2 Å². The predicted octanol–water partition coefficient (Wildman–Crippen LogP) is -0.841. The summed E-state index contributed by atoms with van der Waals surface area (Å²) in [5, 5.41) is 40.5. The van der Waals surface area contributed by atoms with Crippen LogP contribution in [0.15, 0.2) is 12.1 Å². The van der Waals surface area contributed by atoms with Gasteiger partial charge in [0.25, 0.3) is 11.8 Å². The third-order valence-electron chi connectivity index (χ3n) is 3.09. The van der Waals surface area contributed by atoms with Crippen LogP contribution in [-0.2, 0) is 0 Å². The zero-order chi connectivity index (χ0) is 18.3. The molecule has 10 heteroatoms. The maximum atomic E-state index is 12.2. The smallest absolute Gasteiger partial charge is 0.253 e. The summed E-state index contributed by atoms with van der Waals surface area (Å²) in [4.78, 5) is 24.3. The van der Waals surface area contributed by atoms with Gasteiger partial charge in [-0.2, -0.15) is 0 Å². The number of aliphatic hydroxyl groups excluding tert-OH is 4. The van der Waals surface area contributed by atoms with E-state index < -0.39 is 50.3 Å². The molecule has 1 rings (SSSR count). The first-order valence-corrected chi connectivity index (χ1v) is 7.67. The molecule has 2 amide bonds. The van der Waals surface area contributed by atoms with Gasteiger partial charge in [-0.05, 0) is 12.1 Å². The van der Waals surface area contributed by atoms with E-state index >= 15 is 0 Å². The highest BCUT2D eigenvalue weighted by Gasteiger charge is 2.21. The number of amides is 2. The van der Waals surface area contributed by atoms with Crippen molar-refractivity contribution in [3.8, 4) is 0 Å². The minimum atomic E-state index is -0.891. The van der Waals surface area contributed by atoms with Crippen molar-refractivity contribution in [1.29, 1.82) is 0 Å². The van der Waals surface area contributed by atoms with E-state index in [0.717, 1.165) is 0 Å². The Hall–Kier alpha value is -1.42. The minimum absolute atomic E-state index is 0.00834. The van der Waals surface area contributed by atoms with Crippen LogP contribution in [0.5, 0.6) is 0 Å². The van der Waals surface area contributed by atoms with Crippen molar-refractivity contribution in [3.05, 3.63) is 33.3 Å². The van der Waals surface area contributed by atoms with Crippen molar-refractivity contribution in [2.75, 3.05) is 26.4 Å². The van der Waals surface area contributed by atoms with E-state index in [1.165, 1.54) is 12.1 Å². The second-order valence-corrected chi connectivity index (χ2v) is 5.68. The summed E-state index contributed by atoms with van der Waals surface area (Å²) in [7, 11) is 0. The lowest BCUT2D eigenvalue weighted by molar-refractivity contribution is 0.0877. The fourth-order valence-electron chi connectivity index (χ4n) is 1.72. The summed E-state index contributed by atoms with van der Waals surface area (Å²) < 4.78 is 0. The molecule has 24 heavy (non-hydrogen) atoms. The molecule has 0 saturated carbocycles. The third kappa shape index (κ3) is 5.30. The molecule has 0 bridgehead atoms. The van der Waals surface area contributed by atoms with Gasteiger partial charge in [-0.3, -0.25) is 9.59 Å². The molecule has 0 aliphatic carbocycles. The zero-order valence-electron chi connectivity index (χ0n) is 12.5. The van der Waals surface area contributed by atoms with Crippen molar-refractivity contribution < 1.29 is 30.0 Å². The summed E-state index contributed by atoms with van der Waals surface area (Å²) in [5.74, 6) is -1.40. The number of benzene rings is 1. The molecule has 134 valence electrons. The fourth-order valence-corrected chi connectivity index (χ4v) is 2.13. The molecule has 0 atom stereocenters. The lowest BCUT2D eigenvalue weighted by atomic mass is 10.1. The minimum Gasteiger partial charge on any atom is -0.394 e. The lowest BCUT2D eigenvalue weighted by Gasteiger charge is -2.16. The molecule has 0 aliphatic rings. The highest BCUT2D eigenvalue weighted by Crippen LogP contribution is 2.28. The van der Waals surface area contributed by atoms with Crippen molar-refractivity contribution in [2.45, 2.75) is 12.1 Å². The van der Waals surface area contributed by atoms with Crippen LogP contribution >= 0.6 is 23.2 Å². The Morgan fingerprint density at radius 3 is 1.79 bits per heavy atom. The summed E-state index contributed by atoms with van der Waals surface area (Å²) in [5.41, 5.74) is -0.128. The third-order valence-corrected chi connectivity index (χ3v) is 3.89. The average Bonchev–Trinajstić information content (AvgIpc) is 2.59. The molecule has 0 spiro atoms. The van der Waals surface area contributed by atoms with Crippen LogP contribution in [0, 0.1) is 0 Å². The highest BCUT2D eigenvalue weighted by molar-refractivity contribution is 6.44. The number of carbonyl (C=O) groups excluding carboxylic acids is 2. The van der Waals surface area contributed by atoms with Crippen LogP contribution in [0.2, 0.25) is 10.0 Å². The SMILES string of the molecule is O=C(NC(CO)CO)c1cc(Cl)c(Cl)c(C(=O)NC(CO)CO)c1. The second-order valence-electron chi connectivity index (χ2n) is 4.89. The molecule has 0 aromatic heterocycles. The van der Waals surface area contributed by atoms with Crippen molar-refractivity contribution in [3.63, 3.8) is 0 Å². The standard InChI is InChI=1S/C14H18Cl2N2O6/c15-11-2-7(13(23)17-8(3-19)4-20)1-10(12(11)16)14(24)18-9(5-21)6-22/h1-2,8-9,19-22H,3-6H2,(H,17,23)(H,18,24). The van der Waals surface area contributed by atoms with Crippen LogP contribution in [0.1, 0.15) is 20.7 Å². The number of carbonyl (C=O) groups is 2. The van der Waals surface area contributed by atoms with Crippen LogP contribution in [-0.4, -0.2) is 70.8 Å². The van der Waals surface area contributed by atoms with Gasteiger partial charge in [0.05, 0.1) is 54.1 Å². The Balaban J connectivity index is 3.08. The van der Waals surface area contributed by atoms with Crippen molar-refractivity contribution in [1.82, 2.24) is 10.6 Å². The number of rotatable bonds is 8. The number of aliphatic hydroxyl groups is 4. The Bertz CT molecular complexity index is 591. The predicted molar refractivity (Wildman–Crippen MR) is 87.3 cm³/mol. The molecule has 8 nitrogen and oxygen atoms in total.